The molecule has 0 unspecified atom stereocenters. The average Bonchev–Trinajstić information content (AvgIpc) is 2.26. The molecule has 0 N–H and O–H groups in total. The van der Waals surface area contributed by atoms with Crippen LogP contribution < -0.4 is 14.2 Å². The molecule has 1 aromatic carbocycles. The van der Waals surface area contributed by atoms with Gasteiger partial charge in [0.25, 0.3) is 0 Å². The van der Waals surface area contributed by atoms with Gasteiger partial charge < -0.3 is 14.2 Å². The zero-order valence-corrected chi connectivity index (χ0v) is 11.3. The summed E-state index contributed by atoms with van der Waals surface area (Å²) in [5.74, 6) is 1.92. The average molecular weight is 287 g/mol. The molecule has 3 nitrogen and oxygen atoms in total. The van der Waals surface area contributed by atoms with Crippen LogP contribution in [-0.4, -0.2) is 21.3 Å². The van der Waals surface area contributed by atoms with Gasteiger partial charge in [0.2, 0.25) is 5.75 Å². The Morgan fingerprint density at radius 3 is 1.94 bits per heavy atom. The fourth-order valence-electron chi connectivity index (χ4n) is 1.46. The summed E-state index contributed by atoms with van der Waals surface area (Å²) >= 11 is 3.33. The van der Waals surface area contributed by atoms with E-state index in [1.54, 1.807) is 21.3 Å². The van der Waals surface area contributed by atoms with Crippen LogP contribution >= 0.6 is 15.9 Å². The quantitative estimate of drug-likeness (QED) is 0.832. The summed E-state index contributed by atoms with van der Waals surface area (Å²) in [6.45, 7) is 3.81. The minimum absolute atomic E-state index is 0.605. The van der Waals surface area contributed by atoms with E-state index in [-0.39, 0.29) is 0 Å². The van der Waals surface area contributed by atoms with Gasteiger partial charge in [-0.05, 0) is 22.2 Å². The van der Waals surface area contributed by atoms with Gasteiger partial charge in [0.1, 0.15) is 0 Å². The van der Waals surface area contributed by atoms with Crippen LogP contribution in [0.4, 0.5) is 0 Å². The first-order chi connectivity index (χ1) is 7.62. The van der Waals surface area contributed by atoms with Crippen molar-refractivity contribution in [2.24, 2.45) is 0 Å². The summed E-state index contributed by atoms with van der Waals surface area (Å²) in [5, 5.41) is 0. The zero-order valence-electron chi connectivity index (χ0n) is 9.67. The normalized spacial score (nSPS) is 9.75. The molecular weight excluding hydrogens is 272 g/mol. The maximum atomic E-state index is 5.25. The van der Waals surface area contributed by atoms with Gasteiger partial charge in [-0.15, -0.1) is 0 Å². The highest BCUT2D eigenvalue weighted by Gasteiger charge is 2.12. The van der Waals surface area contributed by atoms with Gasteiger partial charge in [0.15, 0.2) is 11.5 Å². The Morgan fingerprint density at radius 1 is 1.12 bits per heavy atom. The van der Waals surface area contributed by atoms with Crippen molar-refractivity contribution < 1.29 is 14.2 Å². The molecule has 0 fully saturated rings. The lowest BCUT2D eigenvalue weighted by Gasteiger charge is -2.13. The zero-order chi connectivity index (χ0) is 12.1. The number of hydrogen-bond donors (Lipinski definition) is 0. The third-order valence-corrected chi connectivity index (χ3v) is 2.40. The molecule has 4 heteroatoms. The highest BCUT2D eigenvalue weighted by atomic mass is 79.9. The molecule has 0 saturated carbocycles. The molecule has 0 saturated heterocycles. The van der Waals surface area contributed by atoms with E-state index in [0.717, 1.165) is 16.5 Å². The van der Waals surface area contributed by atoms with Gasteiger partial charge in [-0.25, -0.2) is 0 Å². The fraction of sp³-hybridized carbons (Fsp3) is 0.333. The first-order valence-electron chi connectivity index (χ1n) is 4.74. The third-order valence-electron chi connectivity index (χ3n) is 2.12. The predicted octanol–water partition coefficient (Wildman–Crippen LogP) is 3.16. The maximum Gasteiger partial charge on any atom is 0.203 e. The van der Waals surface area contributed by atoms with Crippen molar-refractivity contribution >= 4 is 15.9 Å². The lowest BCUT2D eigenvalue weighted by molar-refractivity contribution is 0.324. The molecule has 0 aliphatic heterocycles. The van der Waals surface area contributed by atoms with E-state index in [2.05, 4.69) is 22.5 Å². The fourth-order valence-corrected chi connectivity index (χ4v) is 1.78. The van der Waals surface area contributed by atoms with Crippen LogP contribution in [0.3, 0.4) is 0 Å². The van der Waals surface area contributed by atoms with Crippen molar-refractivity contribution in [1.29, 1.82) is 0 Å². The number of ether oxygens (including phenoxy) is 3. The summed E-state index contributed by atoms with van der Waals surface area (Å²) in [5.41, 5.74) is 1.05. The maximum absolute atomic E-state index is 5.25. The van der Waals surface area contributed by atoms with Crippen LogP contribution in [0.1, 0.15) is 5.56 Å². The highest BCUT2D eigenvalue weighted by Crippen LogP contribution is 2.38. The van der Waals surface area contributed by atoms with Crippen molar-refractivity contribution in [3.8, 4) is 17.2 Å². The van der Waals surface area contributed by atoms with Gasteiger partial charge in [0.05, 0.1) is 21.3 Å². The number of hydrogen-bond acceptors (Lipinski definition) is 3. The number of allylic oxidation sites excluding steroid dienone is 1. The van der Waals surface area contributed by atoms with Gasteiger partial charge in [-0.2, -0.15) is 0 Å². The molecule has 0 radical (unpaired) electrons. The SMILES string of the molecule is C=C(Br)Cc1cc(OC)c(OC)c(OC)c1. The van der Waals surface area contributed by atoms with E-state index in [1.165, 1.54) is 0 Å². The van der Waals surface area contributed by atoms with Crippen LogP contribution in [0.2, 0.25) is 0 Å². The predicted molar refractivity (Wildman–Crippen MR) is 67.9 cm³/mol. The number of benzene rings is 1. The van der Waals surface area contributed by atoms with E-state index in [0.29, 0.717) is 17.2 Å². The highest BCUT2D eigenvalue weighted by molar-refractivity contribution is 9.11. The van der Waals surface area contributed by atoms with Gasteiger partial charge in [0, 0.05) is 6.42 Å². The number of rotatable bonds is 5. The van der Waals surface area contributed by atoms with Crippen molar-refractivity contribution in [2.45, 2.75) is 6.42 Å². The summed E-state index contributed by atoms with van der Waals surface area (Å²) in [6.07, 6.45) is 0.719. The van der Waals surface area contributed by atoms with Gasteiger partial charge in [-0.1, -0.05) is 22.5 Å². The van der Waals surface area contributed by atoms with Crippen molar-refractivity contribution in [3.63, 3.8) is 0 Å². The lowest BCUT2D eigenvalue weighted by Crippen LogP contribution is -1.97. The Hall–Kier alpha value is -1.16. The van der Waals surface area contributed by atoms with E-state index in [4.69, 9.17) is 14.2 Å². The summed E-state index contributed by atoms with van der Waals surface area (Å²) < 4.78 is 16.6. The van der Waals surface area contributed by atoms with Crippen LogP contribution in [0, 0.1) is 0 Å². The lowest BCUT2D eigenvalue weighted by atomic mass is 10.1. The van der Waals surface area contributed by atoms with Crippen LogP contribution in [0.5, 0.6) is 17.2 Å². The molecule has 0 aromatic heterocycles. The van der Waals surface area contributed by atoms with Crippen molar-refractivity contribution in [1.82, 2.24) is 0 Å². The summed E-state index contributed by atoms with van der Waals surface area (Å²) in [6, 6.07) is 3.82. The molecule has 0 bridgehead atoms. The number of methoxy groups -OCH3 is 3. The Kier molecular flexibility index (Phi) is 4.68. The van der Waals surface area contributed by atoms with E-state index < -0.39 is 0 Å². The van der Waals surface area contributed by atoms with Crippen molar-refractivity contribution in [2.75, 3.05) is 21.3 Å². The molecule has 0 heterocycles. The second-order valence-corrected chi connectivity index (χ2v) is 4.35. The minimum Gasteiger partial charge on any atom is -0.493 e. The molecule has 0 aliphatic carbocycles. The summed E-state index contributed by atoms with van der Waals surface area (Å²) in [4.78, 5) is 0. The Labute approximate surface area is 104 Å². The largest absolute Gasteiger partial charge is 0.493 e. The molecular formula is C12H15BrO3. The molecule has 0 aliphatic rings. The number of halogens is 1. The first-order valence-corrected chi connectivity index (χ1v) is 5.53. The molecule has 16 heavy (non-hydrogen) atoms. The minimum atomic E-state index is 0.605. The molecule has 1 aromatic rings. The Bertz CT molecular complexity index is 363. The Morgan fingerprint density at radius 2 is 1.62 bits per heavy atom. The second-order valence-electron chi connectivity index (χ2n) is 3.23. The van der Waals surface area contributed by atoms with Gasteiger partial charge in [-0.3, -0.25) is 0 Å². The van der Waals surface area contributed by atoms with Gasteiger partial charge >= 0.3 is 0 Å². The molecule has 0 atom stereocenters. The smallest absolute Gasteiger partial charge is 0.203 e. The topological polar surface area (TPSA) is 27.7 Å². The first kappa shape index (κ1) is 12.9. The van der Waals surface area contributed by atoms with E-state index >= 15 is 0 Å². The molecule has 88 valence electrons. The van der Waals surface area contributed by atoms with E-state index in [1.807, 2.05) is 12.1 Å². The van der Waals surface area contributed by atoms with Crippen LogP contribution in [-0.2, 0) is 6.42 Å². The Balaban J connectivity index is 3.20. The van der Waals surface area contributed by atoms with E-state index in [9.17, 15) is 0 Å². The second kappa shape index (κ2) is 5.80. The monoisotopic (exact) mass is 286 g/mol. The third kappa shape index (κ3) is 2.92. The molecule has 0 spiro atoms. The molecule has 0 amide bonds. The van der Waals surface area contributed by atoms with Crippen LogP contribution in [0.15, 0.2) is 23.2 Å². The summed E-state index contributed by atoms with van der Waals surface area (Å²) in [7, 11) is 4.79. The van der Waals surface area contributed by atoms with Crippen molar-refractivity contribution in [3.05, 3.63) is 28.8 Å². The molecule has 1 rings (SSSR count). The standard InChI is InChI=1S/C12H15BrO3/c1-8(13)5-9-6-10(14-2)12(16-4)11(7-9)15-3/h6-7H,1,5H2,2-4H3. The van der Waals surface area contributed by atoms with Crippen LogP contribution in [0.25, 0.3) is 0 Å².